The number of aromatic nitrogens is 3. The Morgan fingerprint density at radius 3 is 2.70 bits per heavy atom. The van der Waals surface area contributed by atoms with Crippen LogP contribution in [0.3, 0.4) is 0 Å². The summed E-state index contributed by atoms with van der Waals surface area (Å²) in [6.45, 7) is 5.69. The maximum Gasteiger partial charge on any atom is 0.212 e. The highest BCUT2D eigenvalue weighted by Crippen LogP contribution is 2.26. The standard InChI is InChI=1S/C16H17Cl2N3O2/c1-4-23-16(2,3)15(22)14(21-10-19-9-20-21)7-11-5-6-12(17)8-13(11)18/h5-10H,4H2,1-3H3. The summed E-state index contributed by atoms with van der Waals surface area (Å²) in [6.07, 6.45) is 4.46. The van der Waals surface area contributed by atoms with Gasteiger partial charge in [0.25, 0.3) is 0 Å². The summed E-state index contributed by atoms with van der Waals surface area (Å²) in [6, 6.07) is 5.06. The van der Waals surface area contributed by atoms with Crippen molar-refractivity contribution in [2.45, 2.75) is 26.4 Å². The third-order valence-electron chi connectivity index (χ3n) is 3.20. The van der Waals surface area contributed by atoms with Gasteiger partial charge in [0, 0.05) is 16.7 Å². The number of Topliss-reactive ketones (excluding diaryl/α,β-unsaturated/α-hetero) is 1. The first-order valence-electron chi connectivity index (χ1n) is 7.05. The molecule has 23 heavy (non-hydrogen) atoms. The molecule has 1 aromatic heterocycles. The van der Waals surface area contributed by atoms with Gasteiger partial charge in [0.15, 0.2) is 0 Å². The number of rotatable bonds is 6. The largest absolute Gasteiger partial charge is 0.368 e. The molecule has 2 rings (SSSR count). The van der Waals surface area contributed by atoms with Crippen LogP contribution in [0.4, 0.5) is 0 Å². The Kier molecular flexibility index (Phi) is 5.57. The van der Waals surface area contributed by atoms with E-state index in [4.69, 9.17) is 27.9 Å². The Morgan fingerprint density at radius 1 is 1.39 bits per heavy atom. The number of ketones is 1. The molecule has 2 aromatic rings. The second kappa shape index (κ2) is 7.25. The molecule has 0 atom stereocenters. The van der Waals surface area contributed by atoms with Crippen LogP contribution in [-0.2, 0) is 9.53 Å². The second-order valence-corrected chi connectivity index (χ2v) is 6.15. The van der Waals surface area contributed by atoms with Crippen LogP contribution < -0.4 is 0 Å². The van der Waals surface area contributed by atoms with Crippen LogP contribution >= 0.6 is 23.2 Å². The second-order valence-electron chi connectivity index (χ2n) is 5.31. The zero-order valence-corrected chi connectivity index (χ0v) is 14.6. The molecule has 0 radical (unpaired) electrons. The number of carbonyl (C=O) groups is 1. The summed E-state index contributed by atoms with van der Waals surface area (Å²) in [7, 11) is 0. The molecule has 1 heterocycles. The summed E-state index contributed by atoms with van der Waals surface area (Å²) >= 11 is 12.1. The molecule has 5 nitrogen and oxygen atoms in total. The fourth-order valence-corrected chi connectivity index (χ4v) is 2.53. The van der Waals surface area contributed by atoms with Crippen molar-refractivity contribution in [3.63, 3.8) is 0 Å². The number of halogens is 2. The van der Waals surface area contributed by atoms with Gasteiger partial charge in [0.2, 0.25) is 5.78 Å². The maximum absolute atomic E-state index is 12.9. The van der Waals surface area contributed by atoms with Crippen molar-refractivity contribution in [2.75, 3.05) is 6.61 Å². The molecule has 0 aliphatic heterocycles. The minimum atomic E-state index is -0.995. The van der Waals surface area contributed by atoms with Crippen molar-refractivity contribution >= 4 is 40.8 Å². The van der Waals surface area contributed by atoms with Gasteiger partial charge in [0.05, 0.1) is 0 Å². The van der Waals surface area contributed by atoms with E-state index in [-0.39, 0.29) is 5.78 Å². The lowest BCUT2D eigenvalue weighted by Gasteiger charge is -2.24. The molecule has 0 amide bonds. The van der Waals surface area contributed by atoms with Crippen LogP contribution in [0.25, 0.3) is 11.8 Å². The van der Waals surface area contributed by atoms with Gasteiger partial charge in [-0.05, 0) is 44.5 Å². The fourth-order valence-electron chi connectivity index (χ4n) is 2.07. The molecule has 0 spiro atoms. The molecular formula is C16H17Cl2N3O2. The van der Waals surface area contributed by atoms with Gasteiger partial charge < -0.3 is 4.74 Å². The van der Waals surface area contributed by atoms with Crippen molar-refractivity contribution in [3.05, 3.63) is 46.5 Å². The summed E-state index contributed by atoms with van der Waals surface area (Å²) in [5.41, 5.74) is -0.0294. The Morgan fingerprint density at radius 2 is 2.13 bits per heavy atom. The van der Waals surface area contributed by atoms with Crippen LogP contribution in [-0.4, -0.2) is 32.8 Å². The predicted octanol–water partition coefficient (Wildman–Crippen LogP) is 3.97. The first kappa shape index (κ1) is 17.7. The quantitative estimate of drug-likeness (QED) is 0.737. The van der Waals surface area contributed by atoms with E-state index < -0.39 is 5.60 Å². The lowest BCUT2D eigenvalue weighted by atomic mass is 9.99. The van der Waals surface area contributed by atoms with Crippen LogP contribution in [0.15, 0.2) is 30.9 Å². The third kappa shape index (κ3) is 4.19. The van der Waals surface area contributed by atoms with E-state index in [9.17, 15) is 4.79 Å². The molecule has 7 heteroatoms. The zero-order valence-electron chi connectivity index (χ0n) is 13.1. The minimum Gasteiger partial charge on any atom is -0.368 e. The maximum atomic E-state index is 12.9. The van der Waals surface area contributed by atoms with Gasteiger partial charge in [-0.2, -0.15) is 5.10 Å². The lowest BCUT2D eigenvalue weighted by molar-refractivity contribution is -0.133. The molecule has 0 aliphatic rings. The average molecular weight is 354 g/mol. The van der Waals surface area contributed by atoms with E-state index in [1.54, 1.807) is 38.1 Å². The lowest BCUT2D eigenvalue weighted by Crippen LogP contribution is -2.37. The van der Waals surface area contributed by atoms with Crippen molar-refractivity contribution < 1.29 is 9.53 Å². The highest BCUT2D eigenvalue weighted by atomic mass is 35.5. The molecule has 122 valence electrons. The summed E-state index contributed by atoms with van der Waals surface area (Å²) < 4.78 is 6.95. The third-order valence-corrected chi connectivity index (χ3v) is 3.77. The first-order chi connectivity index (χ1) is 10.8. The van der Waals surface area contributed by atoms with Crippen molar-refractivity contribution in [3.8, 4) is 0 Å². The highest BCUT2D eigenvalue weighted by Gasteiger charge is 2.32. The fraction of sp³-hybridized carbons (Fsp3) is 0.312. The Labute approximate surface area is 144 Å². The van der Waals surface area contributed by atoms with Crippen LogP contribution in [0, 0.1) is 0 Å². The summed E-state index contributed by atoms with van der Waals surface area (Å²) in [4.78, 5) is 16.8. The molecule has 0 fully saturated rings. The molecule has 0 unspecified atom stereocenters. The van der Waals surface area contributed by atoms with E-state index in [1.807, 2.05) is 6.92 Å². The van der Waals surface area contributed by atoms with Gasteiger partial charge in [-0.3, -0.25) is 4.79 Å². The topological polar surface area (TPSA) is 57.0 Å². The van der Waals surface area contributed by atoms with E-state index in [2.05, 4.69) is 10.1 Å². The number of hydrogen-bond acceptors (Lipinski definition) is 4. The van der Waals surface area contributed by atoms with Crippen LogP contribution in [0.1, 0.15) is 26.3 Å². The highest BCUT2D eigenvalue weighted by molar-refractivity contribution is 6.36. The smallest absolute Gasteiger partial charge is 0.212 e. The number of nitrogens with zero attached hydrogens (tertiary/aromatic N) is 3. The van der Waals surface area contributed by atoms with E-state index in [1.165, 1.54) is 17.3 Å². The molecule has 0 saturated carbocycles. The SMILES string of the molecule is CCOC(C)(C)C(=O)C(=Cc1ccc(Cl)cc1Cl)n1cncn1. The predicted molar refractivity (Wildman–Crippen MR) is 91.4 cm³/mol. The summed E-state index contributed by atoms with van der Waals surface area (Å²) in [5, 5.41) is 5.01. The molecule has 0 N–H and O–H groups in total. The van der Waals surface area contributed by atoms with Crippen LogP contribution in [0.5, 0.6) is 0 Å². The summed E-state index contributed by atoms with van der Waals surface area (Å²) in [5.74, 6) is -0.226. The van der Waals surface area contributed by atoms with Crippen LogP contribution in [0.2, 0.25) is 10.0 Å². The van der Waals surface area contributed by atoms with Crippen molar-refractivity contribution in [1.82, 2.24) is 14.8 Å². The number of hydrogen-bond donors (Lipinski definition) is 0. The van der Waals surface area contributed by atoms with E-state index in [0.29, 0.717) is 27.9 Å². The molecule has 1 aromatic carbocycles. The Balaban J connectivity index is 2.51. The molecule has 0 aliphatic carbocycles. The Hall–Kier alpha value is -1.69. The van der Waals surface area contributed by atoms with Gasteiger partial charge in [-0.15, -0.1) is 0 Å². The monoisotopic (exact) mass is 353 g/mol. The number of carbonyl (C=O) groups excluding carboxylic acids is 1. The van der Waals surface area contributed by atoms with Gasteiger partial charge in [-0.1, -0.05) is 29.3 Å². The minimum absolute atomic E-state index is 0.226. The zero-order chi connectivity index (χ0) is 17.0. The number of ether oxygens (including phenoxy) is 1. The molecule has 0 bridgehead atoms. The Bertz CT molecular complexity index is 725. The average Bonchev–Trinajstić information content (AvgIpc) is 3.00. The first-order valence-corrected chi connectivity index (χ1v) is 7.81. The van der Waals surface area contributed by atoms with Crippen molar-refractivity contribution in [1.29, 1.82) is 0 Å². The van der Waals surface area contributed by atoms with E-state index in [0.717, 1.165) is 0 Å². The van der Waals surface area contributed by atoms with Crippen molar-refractivity contribution in [2.24, 2.45) is 0 Å². The van der Waals surface area contributed by atoms with Gasteiger partial charge >= 0.3 is 0 Å². The van der Waals surface area contributed by atoms with E-state index >= 15 is 0 Å². The van der Waals surface area contributed by atoms with Gasteiger partial charge in [0.1, 0.15) is 24.0 Å². The number of benzene rings is 1. The molecule has 0 saturated heterocycles. The normalized spacial score (nSPS) is 12.5. The van der Waals surface area contributed by atoms with Gasteiger partial charge in [-0.25, -0.2) is 9.67 Å². The molecular weight excluding hydrogens is 337 g/mol.